The van der Waals surface area contributed by atoms with Crippen molar-refractivity contribution >= 4 is 34.8 Å². The van der Waals surface area contributed by atoms with Crippen LogP contribution in [0.5, 0.6) is 11.5 Å². The van der Waals surface area contributed by atoms with Crippen molar-refractivity contribution in [1.29, 1.82) is 0 Å². The molecule has 0 bridgehead atoms. The Kier molecular flexibility index (Phi) is 8.75. The molecule has 0 aliphatic carbocycles. The molecule has 2 rings (SSSR count). The number of phenols is 1. The van der Waals surface area contributed by atoms with Gasteiger partial charge in [0.2, 0.25) is 0 Å². The van der Waals surface area contributed by atoms with Crippen molar-refractivity contribution in [1.82, 2.24) is 0 Å². The predicted molar refractivity (Wildman–Crippen MR) is 139 cm³/mol. The predicted octanol–water partition coefficient (Wildman–Crippen LogP) is 8.18. The number of halogens is 2. The maximum atomic E-state index is 13.1. The number of amides is 1. The van der Waals surface area contributed by atoms with E-state index in [0.29, 0.717) is 17.7 Å². The summed E-state index contributed by atoms with van der Waals surface area (Å²) in [5.74, 6) is 0.220. The molecule has 1 unspecified atom stereocenters. The largest absolute Gasteiger partial charge is 0.506 e. The van der Waals surface area contributed by atoms with E-state index in [-0.39, 0.29) is 38.2 Å². The van der Waals surface area contributed by atoms with E-state index in [0.717, 1.165) is 18.4 Å². The molecule has 2 aromatic carbocycles. The van der Waals surface area contributed by atoms with Crippen molar-refractivity contribution in [3.8, 4) is 11.5 Å². The van der Waals surface area contributed by atoms with E-state index in [9.17, 15) is 9.90 Å². The summed E-state index contributed by atoms with van der Waals surface area (Å²) in [6.45, 7) is 16.8. The van der Waals surface area contributed by atoms with Crippen LogP contribution in [0.3, 0.4) is 0 Å². The minimum atomic E-state index is -0.753. The van der Waals surface area contributed by atoms with Gasteiger partial charge in [0.05, 0.1) is 10.7 Å². The van der Waals surface area contributed by atoms with Gasteiger partial charge in [0.25, 0.3) is 5.91 Å². The fourth-order valence-electron chi connectivity index (χ4n) is 3.50. The van der Waals surface area contributed by atoms with Crippen LogP contribution in [0.15, 0.2) is 24.3 Å². The molecule has 0 saturated heterocycles. The fourth-order valence-corrected chi connectivity index (χ4v) is 4.15. The number of carbonyl (C=O) groups is 1. The number of rotatable bonds is 9. The second-order valence-electron chi connectivity index (χ2n) is 9.90. The quantitative estimate of drug-likeness (QED) is 0.370. The van der Waals surface area contributed by atoms with E-state index in [2.05, 4.69) is 59.0 Å². The van der Waals surface area contributed by atoms with Gasteiger partial charge in [-0.3, -0.25) is 4.79 Å². The highest BCUT2D eigenvalue weighted by atomic mass is 35.5. The van der Waals surface area contributed by atoms with Crippen molar-refractivity contribution < 1.29 is 14.6 Å². The Bertz CT molecular complexity index is 1010. The van der Waals surface area contributed by atoms with E-state index < -0.39 is 6.10 Å². The monoisotopic (exact) mass is 493 g/mol. The number of benzene rings is 2. The molecule has 6 heteroatoms. The van der Waals surface area contributed by atoms with Gasteiger partial charge >= 0.3 is 0 Å². The Hall–Kier alpha value is -1.91. The van der Waals surface area contributed by atoms with Crippen LogP contribution in [-0.4, -0.2) is 17.1 Å². The fraction of sp³-hybridized carbons (Fsp3) is 0.519. The highest BCUT2D eigenvalue weighted by Gasteiger charge is 2.29. The summed E-state index contributed by atoms with van der Waals surface area (Å²) in [6, 6.07) is 7.85. The number of ether oxygens (including phenoxy) is 1. The molecule has 1 amide bonds. The summed E-state index contributed by atoms with van der Waals surface area (Å²) < 4.78 is 6.29. The summed E-state index contributed by atoms with van der Waals surface area (Å²) in [7, 11) is 0. The zero-order chi connectivity index (χ0) is 25.1. The minimum Gasteiger partial charge on any atom is -0.506 e. The molecule has 182 valence electrons. The van der Waals surface area contributed by atoms with Crippen LogP contribution in [0.4, 0.5) is 5.69 Å². The molecule has 2 aromatic rings. The summed E-state index contributed by atoms with van der Waals surface area (Å²) >= 11 is 12.5. The van der Waals surface area contributed by atoms with Gasteiger partial charge in [-0.2, -0.15) is 0 Å². The number of anilines is 1. The first-order chi connectivity index (χ1) is 15.3. The molecular formula is C27H37Cl2NO3. The lowest BCUT2D eigenvalue weighted by molar-refractivity contribution is -0.122. The molecule has 0 spiro atoms. The van der Waals surface area contributed by atoms with Crippen LogP contribution in [0, 0.1) is 6.92 Å². The first-order valence-electron chi connectivity index (χ1n) is 11.6. The molecule has 33 heavy (non-hydrogen) atoms. The van der Waals surface area contributed by atoms with Crippen molar-refractivity contribution in [3.05, 3.63) is 51.0 Å². The number of phenolic OH excluding ortho intramolecular Hbond substituents is 1. The second kappa shape index (κ2) is 10.6. The molecule has 0 aliphatic rings. The molecular weight excluding hydrogens is 457 g/mol. The zero-order valence-electron chi connectivity index (χ0n) is 21.0. The Morgan fingerprint density at radius 2 is 1.67 bits per heavy atom. The number of hydrogen-bond acceptors (Lipinski definition) is 3. The third-order valence-corrected chi connectivity index (χ3v) is 7.49. The standard InChI is InChI=1S/C27H37Cl2NO3/c1-9-20(25(32)30-23-19(28)14-16(4)24(31)22(23)29)33-21-13-12-17(26(5,6)10-2)15-18(21)27(7,8)11-3/h12-15,20,31H,9-11H2,1-8H3,(H,30,32). The van der Waals surface area contributed by atoms with Gasteiger partial charge < -0.3 is 15.2 Å². The van der Waals surface area contributed by atoms with Crippen LogP contribution < -0.4 is 10.1 Å². The number of carbonyl (C=O) groups excluding carboxylic acids is 1. The summed E-state index contributed by atoms with van der Waals surface area (Å²) in [6.07, 6.45) is 1.64. The van der Waals surface area contributed by atoms with Crippen molar-refractivity contribution in [3.63, 3.8) is 0 Å². The Balaban J connectivity index is 2.42. The first-order valence-corrected chi connectivity index (χ1v) is 12.3. The van der Waals surface area contributed by atoms with E-state index in [4.69, 9.17) is 27.9 Å². The maximum absolute atomic E-state index is 13.1. The molecule has 1 atom stereocenters. The SMILES string of the molecule is CCC(Oc1ccc(C(C)(C)CC)cc1C(C)(C)CC)C(=O)Nc1c(Cl)cc(C)c(O)c1Cl. The minimum absolute atomic E-state index is 0.0159. The Labute approximate surface area is 208 Å². The van der Waals surface area contributed by atoms with E-state index >= 15 is 0 Å². The average Bonchev–Trinajstić information content (AvgIpc) is 2.78. The van der Waals surface area contributed by atoms with Gasteiger partial charge in [-0.25, -0.2) is 0 Å². The summed E-state index contributed by atoms with van der Waals surface area (Å²) in [4.78, 5) is 13.1. The molecule has 0 heterocycles. The lowest BCUT2D eigenvalue weighted by Crippen LogP contribution is -2.33. The number of aryl methyl sites for hydroxylation is 1. The van der Waals surface area contributed by atoms with Gasteiger partial charge in [-0.15, -0.1) is 0 Å². The van der Waals surface area contributed by atoms with E-state index in [1.807, 2.05) is 13.0 Å². The highest BCUT2D eigenvalue weighted by Crippen LogP contribution is 2.41. The number of hydrogen-bond donors (Lipinski definition) is 2. The smallest absolute Gasteiger partial charge is 0.265 e. The van der Waals surface area contributed by atoms with E-state index in [1.54, 1.807) is 13.0 Å². The molecule has 0 radical (unpaired) electrons. The lowest BCUT2D eigenvalue weighted by atomic mass is 9.76. The van der Waals surface area contributed by atoms with Gasteiger partial charge in [-0.1, -0.05) is 83.8 Å². The highest BCUT2D eigenvalue weighted by molar-refractivity contribution is 6.40. The van der Waals surface area contributed by atoms with Crippen LogP contribution in [0.1, 0.15) is 84.4 Å². The Morgan fingerprint density at radius 3 is 2.21 bits per heavy atom. The van der Waals surface area contributed by atoms with Gasteiger partial charge in [0, 0.05) is 5.56 Å². The zero-order valence-corrected chi connectivity index (χ0v) is 22.5. The van der Waals surface area contributed by atoms with Crippen molar-refractivity contribution in [2.45, 2.75) is 91.6 Å². The van der Waals surface area contributed by atoms with Gasteiger partial charge in [0.15, 0.2) is 6.10 Å². The second-order valence-corrected chi connectivity index (χ2v) is 10.7. The average molecular weight is 495 g/mol. The molecule has 0 fully saturated rings. The maximum Gasteiger partial charge on any atom is 0.265 e. The number of nitrogens with one attached hydrogen (secondary N) is 1. The van der Waals surface area contributed by atoms with Crippen molar-refractivity contribution in [2.24, 2.45) is 0 Å². The lowest BCUT2D eigenvalue weighted by Gasteiger charge is -2.31. The Morgan fingerprint density at radius 1 is 1.06 bits per heavy atom. The van der Waals surface area contributed by atoms with Gasteiger partial charge in [-0.05, 0) is 60.3 Å². The van der Waals surface area contributed by atoms with E-state index in [1.165, 1.54) is 5.56 Å². The molecule has 2 N–H and O–H groups in total. The third kappa shape index (κ3) is 5.96. The van der Waals surface area contributed by atoms with Crippen LogP contribution >= 0.6 is 23.2 Å². The van der Waals surface area contributed by atoms with Crippen LogP contribution in [-0.2, 0) is 15.6 Å². The van der Waals surface area contributed by atoms with Crippen LogP contribution in [0.2, 0.25) is 10.0 Å². The molecule has 0 aromatic heterocycles. The van der Waals surface area contributed by atoms with Crippen LogP contribution in [0.25, 0.3) is 0 Å². The third-order valence-electron chi connectivity index (χ3n) is 6.82. The van der Waals surface area contributed by atoms with Gasteiger partial charge in [0.1, 0.15) is 16.5 Å². The summed E-state index contributed by atoms with van der Waals surface area (Å²) in [5, 5.41) is 13.2. The summed E-state index contributed by atoms with van der Waals surface area (Å²) in [5.41, 5.74) is 2.97. The topological polar surface area (TPSA) is 58.6 Å². The van der Waals surface area contributed by atoms with Crippen molar-refractivity contribution in [2.75, 3.05) is 5.32 Å². The molecule has 0 aliphatic heterocycles. The normalized spacial score (nSPS) is 13.0. The first kappa shape index (κ1) is 27.3. The molecule has 0 saturated carbocycles. The molecule has 4 nitrogen and oxygen atoms in total. The number of aromatic hydroxyl groups is 1.